The average Bonchev–Trinajstić information content (AvgIpc) is 4.23. The summed E-state index contributed by atoms with van der Waals surface area (Å²) in [6, 6.07) is 93.7. The molecule has 4 heteroatoms. The maximum atomic E-state index is 6.72. The summed E-state index contributed by atoms with van der Waals surface area (Å²) in [5, 5.41) is 2.48. The van der Waals surface area contributed by atoms with Crippen LogP contribution in [0.5, 0.6) is 23.0 Å². The van der Waals surface area contributed by atoms with Crippen molar-refractivity contribution in [2.24, 2.45) is 5.92 Å². The minimum absolute atomic E-state index is 0.136. The monoisotopic (exact) mass is 996 g/mol. The number of anilines is 3. The second-order valence-corrected chi connectivity index (χ2v) is 21.4. The quantitative estimate of drug-likeness (QED) is 0.172. The van der Waals surface area contributed by atoms with Crippen molar-refractivity contribution in [2.75, 3.05) is 4.90 Å². The predicted molar refractivity (Wildman–Crippen MR) is 316 cm³/mol. The SMILES string of the molecule is C1=CC2c3cc(N(c4ccc(-c5ccc6c(c5)c5ccccc5n6-c5ccccc5)cc4)c4ccc5c(c4)-c4ccccc4C54c5ccccc5Oc5ccccc54)ccc3C3(c4ccccc4Oc4ccccc43)C2C=C1. The molecule has 12 aromatic rings. The van der Waals surface area contributed by atoms with Crippen LogP contribution in [-0.4, -0.2) is 4.57 Å². The fourth-order valence-corrected chi connectivity index (χ4v) is 14.7. The van der Waals surface area contributed by atoms with E-state index in [0.717, 1.165) is 62.4 Å². The van der Waals surface area contributed by atoms with Gasteiger partial charge in [0.15, 0.2) is 0 Å². The van der Waals surface area contributed by atoms with E-state index in [-0.39, 0.29) is 11.8 Å². The zero-order valence-electron chi connectivity index (χ0n) is 42.4. The third-order valence-electron chi connectivity index (χ3n) is 17.8. The molecular formula is C74H48N2O2. The second kappa shape index (κ2) is 16.3. The molecule has 17 rings (SSSR count). The van der Waals surface area contributed by atoms with Gasteiger partial charge in [-0.25, -0.2) is 0 Å². The van der Waals surface area contributed by atoms with Crippen LogP contribution in [-0.2, 0) is 10.8 Å². The van der Waals surface area contributed by atoms with E-state index in [1.807, 2.05) is 0 Å². The molecule has 78 heavy (non-hydrogen) atoms. The molecule has 366 valence electrons. The Balaban J connectivity index is 0.864. The number of aromatic nitrogens is 1. The van der Waals surface area contributed by atoms with Crippen LogP contribution in [0.15, 0.2) is 279 Å². The first-order valence-electron chi connectivity index (χ1n) is 27.1. The van der Waals surface area contributed by atoms with Gasteiger partial charge in [0.1, 0.15) is 23.0 Å². The van der Waals surface area contributed by atoms with Crippen molar-refractivity contribution in [2.45, 2.75) is 16.7 Å². The fraction of sp³-hybridized carbons (Fsp3) is 0.0541. The molecule has 5 aliphatic rings. The second-order valence-electron chi connectivity index (χ2n) is 21.4. The smallest absolute Gasteiger partial charge is 0.132 e. The lowest BCUT2D eigenvalue weighted by Crippen LogP contribution is -2.37. The van der Waals surface area contributed by atoms with Crippen LogP contribution in [0.2, 0.25) is 0 Å². The molecule has 4 nitrogen and oxygen atoms in total. The van der Waals surface area contributed by atoms with Crippen LogP contribution in [0, 0.1) is 5.92 Å². The summed E-state index contributed by atoms with van der Waals surface area (Å²) in [6.07, 6.45) is 9.34. The average molecular weight is 997 g/mol. The minimum atomic E-state index is -0.565. The fourth-order valence-electron chi connectivity index (χ4n) is 14.7. The Hall–Kier alpha value is -9.90. The Bertz CT molecular complexity index is 4450. The van der Waals surface area contributed by atoms with E-state index in [4.69, 9.17) is 9.47 Å². The van der Waals surface area contributed by atoms with Gasteiger partial charge in [-0.3, -0.25) is 0 Å². The highest BCUT2D eigenvalue weighted by Crippen LogP contribution is 2.66. The number of hydrogen-bond acceptors (Lipinski definition) is 3. The summed E-state index contributed by atoms with van der Waals surface area (Å²) in [6.45, 7) is 0. The first-order chi connectivity index (χ1) is 38.7. The summed E-state index contributed by atoms with van der Waals surface area (Å²) in [5.41, 5.74) is 20.5. The summed E-state index contributed by atoms with van der Waals surface area (Å²) in [7, 11) is 0. The Morgan fingerprint density at radius 1 is 0.359 bits per heavy atom. The van der Waals surface area contributed by atoms with E-state index in [1.165, 1.54) is 71.9 Å². The highest BCUT2D eigenvalue weighted by molar-refractivity contribution is 6.10. The minimum Gasteiger partial charge on any atom is -0.457 e. The van der Waals surface area contributed by atoms with Gasteiger partial charge in [0.05, 0.1) is 21.9 Å². The molecule has 0 amide bonds. The number of para-hydroxylation sites is 6. The van der Waals surface area contributed by atoms with Crippen LogP contribution in [0.1, 0.15) is 50.4 Å². The number of ether oxygens (including phenoxy) is 2. The van der Waals surface area contributed by atoms with Crippen molar-refractivity contribution in [1.82, 2.24) is 4.57 Å². The van der Waals surface area contributed by atoms with Gasteiger partial charge in [0.25, 0.3) is 0 Å². The van der Waals surface area contributed by atoms with Gasteiger partial charge >= 0.3 is 0 Å². The van der Waals surface area contributed by atoms with Gasteiger partial charge in [-0.15, -0.1) is 0 Å². The van der Waals surface area contributed by atoms with Gasteiger partial charge in [0.2, 0.25) is 0 Å². The Labute approximate surface area is 452 Å². The van der Waals surface area contributed by atoms with Crippen molar-refractivity contribution >= 4 is 38.9 Å². The third-order valence-corrected chi connectivity index (χ3v) is 17.8. The lowest BCUT2D eigenvalue weighted by atomic mass is 9.62. The summed E-state index contributed by atoms with van der Waals surface area (Å²) in [5.74, 6) is 3.90. The van der Waals surface area contributed by atoms with Gasteiger partial charge < -0.3 is 18.9 Å². The molecule has 2 atom stereocenters. The van der Waals surface area contributed by atoms with E-state index in [1.54, 1.807) is 0 Å². The van der Waals surface area contributed by atoms with Gasteiger partial charge in [-0.05, 0) is 136 Å². The van der Waals surface area contributed by atoms with E-state index < -0.39 is 10.8 Å². The zero-order valence-corrected chi connectivity index (χ0v) is 42.4. The summed E-state index contributed by atoms with van der Waals surface area (Å²) in [4.78, 5) is 2.48. The maximum absolute atomic E-state index is 6.72. The van der Waals surface area contributed by atoms with Gasteiger partial charge in [-0.1, -0.05) is 188 Å². The maximum Gasteiger partial charge on any atom is 0.132 e. The molecule has 0 radical (unpaired) electrons. The highest BCUT2D eigenvalue weighted by Gasteiger charge is 2.57. The molecule has 0 fully saturated rings. The van der Waals surface area contributed by atoms with E-state index in [2.05, 4.69) is 289 Å². The summed E-state index contributed by atoms with van der Waals surface area (Å²) < 4.78 is 15.8. The van der Waals surface area contributed by atoms with Crippen molar-refractivity contribution in [1.29, 1.82) is 0 Å². The molecule has 2 spiro atoms. The van der Waals surface area contributed by atoms with Crippen LogP contribution in [0.3, 0.4) is 0 Å². The molecule has 11 aromatic carbocycles. The van der Waals surface area contributed by atoms with E-state index in [9.17, 15) is 0 Å². The van der Waals surface area contributed by atoms with Gasteiger partial charge in [0, 0.05) is 67.6 Å². The molecule has 3 aliphatic carbocycles. The molecular weight excluding hydrogens is 949 g/mol. The number of hydrogen-bond donors (Lipinski definition) is 0. The standard InChI is InChI=1S/C74H48N2O2/c1-2-18-49(19-3-1)76-67-29-13-6-22-55(67)58-44-48(36-43-68(58)76)47-34-37-50(38-35-47)75(51-39-41-61-56(45-51)53-20-4-7-23-59(53)73(61)63-25-9-14-30-69(63)77-70-31-15-10-26-64(70)73)52-40-42-62-57(46-52)54-21-5-8-24-60(54)74(62)65-27-11-16-32-71(65)78-72-33-17-12-28-66(72)74/h1-46,53,59H. The summed E-state index contributed by atoms with van der Waals surface area (Å²) >= 11 is 0. The molecule has 3 heterocycles. The highest BCUT2D eigenvalue weighted by atomic mass is 16.5. The normalized spacial score (nSPS) is 16.8. The molecule has 1 aromatic heterocycles. The Morgan fingerprint density at radius 3 is 1.60 bits per heavy atom. The predicted octanol–water partition coefficient (Wildman–Crippen LogP) is 18.7. The first-order valence-corrected chi connectivity index (χ1v) is 27.1. The number of fused-ring (bicyclic) bond motifs is 21. The lowest BCUT2D eigenvalue weighted by molar-refractivity contribution is 0.374. The van der Waals surface area contributed by atoms with E-state index in [0.29, 0.717) is 0 Å². The zero-order chi connectivity index (χ0) is 51.1. The van der Waals surface area contributed by atoms with E-state index >= 15 is 0 Å². The van der Waals surface area contributed by atoms with Crippen LogP contribution in [0.4, 0.5) is 17.1 Å². The number of rotatable bonds is 5. The molecule has 0 saturated heterocycles. The molecule has 0 N–H and O–H groups in total. The van der Waals surface area contributed by atoms with Gasteiger partial charge in [-0.2, -0.15) is 0 Å². The molecule has 0 saturated carbocycles. The lowest BCUT2D eigenvalue weighted by Gasteiger charge is -2.43. The Morgan fingerprint density at radius 2 is 0.885 bits per heavy atom. The molecule has 0 bridgehead atoms. The van der Waals surface area contributed by atoms with Crippen molar-refractivity contribution in [3.05, 3.63) is 324 Å². The van der Waals surface area contributed by atoms with Crippen molar-refractivity contribution in [3.8, 4) is 50.9 Å². The number of nitrogens with zero attached hydrogens (tertiary/aromatic N) is 2. The largest absolute Gasteiger partial charge is 0.457 e. The third kappa shape index (κ3) is 5.78. The van der Waals surface area contributed by atoms with Crippen LogP contribution in [0.25, 0.3) is 49.7 Å². The number of allylic oxidation sites excluding steroid dienone is 4. The van der Waals surface area contributed by atoms with Crippen molar-refractivity contribution in [3.63, 3.8) is 0 Å². The van der Waals surface area contributed by atoms with Crippen LogP contribution < -0.4 is 14.4 Å². The van der Waals surface area contributed by atoms with Crippen molar-refractivity contribution < 1.29 is 9.47 Å². The Kier molecular flexibility index (Phi) is 9.06. The molecule has 2 aliphatic heterocycles. The topological polar surface area (TPSA) is 26.6 Å². The first kappa shape index (κ1) is 43.4. The number of benzene rings is 11. The van der Waals surface area contributed by atoms with Crippen LogP contribution >= 0.6 is 0 Å². The molecule has 2 unspecified atom stereocenters.